The van der Waals surface area contributed by atoms with Crippen molar-refractivity contribution in [2.45, 2.75) is 60.3 Å². The van der Waals surface area contributed by atoms with Crippen LogP contribution in [0, 0.1) is 12.7 Å². The van der Waals surface area contributed by atoms with Crippen LogP contribution in [-0.2, 0) is 11.2 Å². The topological polar surface area (TPSA) is 109 Å². The quantitative estimate of drug-likeness (QED) is 0.396. The fourth-order valence-corrected chi connectivity index (χ4v) is 3.88. The van der Waals surface area contributed by atoms with E-state index >= 15 is 0 Å². The van der Waals surface area contributed by atoms with Gasteiger partial charge in [-0.05, 0) is 63.3 Å². The number of nitrogens with zero attached hydrogens (tertiary/aromatic N) is 3. The van der Waals surface area contributed by atoms with Crippen molar-refractivity contribution in [3.63, 3.8) is 0 Å². The van der Waals surface area contributed by atoms with Crippen LogP contribution in [0.2, 0.25) is 0 Å². The summed E-state index contributed by atoms with van der Waals surface area (Å²) < 4.78 is 22.5. The molecule has 208 valence electrons. The van der Waals surface area contributed by atoms with Gasteiger partial charge in [0, 0.05) is 30.8 Å². The molecular formula is C30H44FN5O2. The highest BCUT2D eigenvalue weighted by Crippen LogP contribution is 2.34. The van der Waals surface area contributed by atoms with Crippen LogP contribution in [0.3, 0.4) is 0 Å². The molecule has 1 aliphatic rings. The monoisotopic (exact) mass is 525 g/mol. The third-order valence-electron chi connectivity index (χ3n) is 5.74. The number of methoxy groups -OCH3 is 2. The van der Waals surface area contributed by atoms with E-state index in [1.165, 1.54) is 35.3 Å². The highest BCUT2D eigenvalue weighted by atomic mass is 19.1. The number of nitrogens with two attached hydrogens (primary N) is 2. The van der Waals surface area contributed by atoms with Gasteiger partial charge in [-0.25, -0.2) is 19.3 Å². The summed E-state index contributed by atoms with van der Waals surface area (Å²) in [5.74, 6) is 0.667. The SMILES string of the molecule is CC.CC/C(C)=C1/CCCc2nc(N)nc(C)c21.COCCN.COc1cccc(-c2cccc(F)c2)n1. The number of benzene rings is 1. The summed E-state index contributed by atoms with van der Waals surface area (Å²) in [5.41, 5.74) is 18.5. The molecule has 4 N–H and O–H groups in total. The van der Waals surface area contributed by atoms with E-state index in [0.717, 1.165) is 36.2 Å². The Balaban J connectivity index is 0.000000307. The van der Waals surface area contributed by atoms with Gasteiger partial charge in [0.1, 0.15) is 5.82 Å². The fraction of sp³-hybridized carbons (Fsp3) is 0.433. The Morgan fingerprint density at radius 1 is 1.03 bits per heavy atom. The molecule has 0 bridgehead atoms. The van der Waals surface area contributed by atoms with Gasteiger partial charge in [0.05, 0.1) is 30.8 Å². The van der Waals surface area contributed by atoms with E-state index in [9.17, 15) is 4.39 Å². The van der Waals surface area contributed by atoms with Crippen molar-refractivity contribution >= 4 is 11.5 Å². The largest absolute Gasteiger partial charge is 0.481 e. The van der Waals surface area contributed by atoms with Gasteiger partial charge >= 0.3 is 0 Å². The second kappa shape index (κ2) is 18.0. The summed E-state index contributed by atoms with van der Waals surface area (Å²) in [6.07, 6.45) is 4.46. The first-order chi connectivity index (χ1) is 18.3. The maximum atomic E-state index is 13.0. The van der Waals surface area contributed by atoms with Gasteiger partial charge in [-0.1, -0.05) is 44.5 Å². The molecule has 1 aliphatic carbocycles. The molecule has 0 unspecified atom stereocenters. The first-order valence-corrected chi connectivity index (χ1v) is 13.1. The van der Waals surface area contributed by atoms with Crippen LogP contribution in [0.4, 0.5) is 10.3 Å². The molecule has 38 heavy (non-hydrogen) atoms. The van der Waals surface area contributed by atoms with Gasteiger partial charge in [0.15, 0.2) is 0 Å². The number of hydrogen-bond acceptors (Lipinski definition) is 7. The van der Waals surface area contributed by atoms with Crippen molar-refractivity contribution in [1.29, 1.82) is 0 Å². The third-order valence-corrected chi connectivity index (χ3v) is 5.74. The Kier molecular flexibility index (Phi) is 15.5. The van der Waals surface area contributed by atoms with Crippen molar-refractivity contribution in [3.8, 4) is 17.1 Å². The van der Waals surface area contributed by atoms with Crippen LogP contribution in [0.25, 0.3) is 16.8 Å². The van der Waals surface area contributed by atoms with Gasteiger partial charge in [-0.2, -0.15) is 0 Å². The zero-order valence-corrected chi connectivity index (χ0v) is 24.0. The normalized spacial score (nSPS) is 12.9. The Morgan fingerprint density at radius 2 is 1.74 bits per heavy atom. The Hall–Kier alpha value is -3.36. The molecule has 1 aromatic carbocycles. The van der Waals surface area contributed by atoms with E-state index in [4.69, 9.17) is 16.2 Å². The van der Waals surface area contributed by atoms with Crippen molar-refractivity contribution in [2.24, 2.45) is 5.73 Å². The number of halogens is 1. The molecule has 2 heterocycles. The first kappa shape index (κ1) is 32.7. The van der Waals surface area contributed by atoms with Gasteiger partial charge < -0.3 is 20.9 Å². The minimum atomic E-state index is -0.267. The highest BCUT2D eigenvalue weighted by Gasteiger charge is 2.20. The Bertz CT molecular complexity index is 1150. The summed E-state index contributed by atoms with van der Waals surface area (Å²) in [5, 5.41) is 0. The minimum absolute atomic E-state index is 0.267. The van der Waals surface area contributed by atoms with Crippen molar-refractivity contribution in [1.82, 2.24) is 15.0 Å². The number of aromatic nitrogens is 3. The number of ether oxygens (including phenoxy) is 2. The van der Waals surface area contributed by atoms with Crippen LogP contribution in [0.1, 0.15) is 63.9 Å². The number of nitrogen functional groups attached to an aromatic ring is 1. The smallest absolute Gasteiger partial charge is 0.220 e. The maximum absolute atomic E-state index is 13.0. The van der Waals surface area contributed by atoms with Gasteiger partial charge in [0.2, 0.25) is 11.8 Å². The van der Waals surface area contributed by atoms with E-state index in [0.29, 0.717) is 30.7 Å². The Morgan fingerprint density at radius 3 is 2.32 bits per heavy atom. The number of rotatable bonds is 5. The summed E-state index contributed by atoms with van der Waals surface area (Å²) in [4.78, 5) is 12.9. The molecule has 0 radical (unpaired) electrons. The molecule has 8 heteroatoms. The average Bonchev–Trinajstić information content (AvgIpc) is 2.94. The lowest BCUT2D eigenvalue weighted by Crippen LogP contribution is -2.12. The van der Waals surface area contributed by atoms with Crippen LogP contribution < -0.4 is 16.2 Å². The van der Waals surface area contributed by atoms with Crippen LogP contribution in [-0.4, -0.2) is 42.3 Å². The van der Waals surface area contributed by atoms with E-state index in [-0.39, 0.29) is 5.82 Å². The van der Waals surface area contributed by atoms with E-state index in [1.54, 1.807) is 26.4 Å². The zero-order chi connectivity index (χ0) is 28.5. The van der Waals surface area contributed by atoms with E-state index in [2.05, 4.69) is 33.5 Å². The molecule has 4 rings (SSSR count). The van der Waals surface area contributed by atoms with Crippen molar-refractivity contribution in [3.05, 3.63) is 70.8 Å². The molecule has 0 atom stereocenters. The fourth-order valence-electron chi connectivity index (χ4n) is 3.88. The maximum Gasteiger partial charge on any atom is 0.220 e. The number of hydrogen-bond donors (Lipinski definition) is 2. The molecule has 0 spiro atoms. The third kappa shape index (κ3) is 10.2. The molecular weight excluding hydrogens is 481 g/mol. The number of aryl methyl sites for hydroxylation is 2. The molecule has 0 amide bonds. The second-order valence-electron chi connectivity index (χ2n) is 8.31. The lowest BCUT2D eigenvalue weighted by Gasteiger charge is -2.22. The lowest BCUT2D eigenvalue weighted by atomic mass is 9.86. The Labute approximate surface area is 227 Å². The number of allylic oxidation sites excluding steroid dienone is 2. The predicted octanol–water partition coefficient (Wildman–Crippen LogP) is 6.40. The second-order valence-corrected chi connectivity index (χ2v) is 8.31. The van der Waals surface area contributed by atoms with Crippen LogP contribution >= 0.6 is 0 Å². The lowest BCUT2D eigenvalue weighted by molar-refractivity contribution is 0.207. The average molecular weight is 526 g/mol. The number of fused-ring (bicyclic) bond motifs is 1. The number of anilines is 1. The molecule has 0 aliphatic heterocycles. The standard InChI is InChI=1S/C13H19N3.C12H10FNO.C3H9NO.C2H6/c1-4-8(2)10-6-5-7-11-12(10)9(3)15-13(14)16-11;1-15-12-7-3-6-11(14-12)9-4-2-5-10(13)8-9;1-5-3-2-4;1-2/h4-7H2,1-3H3,(H2,14,15,16);2-8H,1H3;2-4H2,1H3;1-2H3/b10-8-;;;. The summed E-state index contributed by atoms with van der Waals surface area (Å²) in [6, 6.07) is 11.7. The van der Waals surface area contributed by atoms with Gasteiger partial charge in [-0.3, -0.25) is 0 Å². The first-order valence-electron chi connectivity index (χ1n) is 13.1. The van der Waals surface area contributed by atoms with Crippen molar-refractivity contribution < 1.29 is 13.9 Å². The van der Waals surface area contributed by atoms with Gasteiger partial charge in [-0.15, -0.1) is 0 Å². The molecule has 0 saturated carbocycles. The van der Waals surface area contributed by atoms with E-state index in [1.807, 2.05) is 39.0 Å². The molecule has 0 saturated heterocycles. The van der Waals surface area contributed by atoms with Crippen LogP contribution in [0.5, 0.6) is 5.88 Å². The molecule has 3 aromatic rings. The number of pyridine rings is 1. The summed E-state index contributed by atoms with van der Waals surface area (Å²) >= 11 is 0. The summed E-state index contributed by atoms with van der Waals surface area (Å²) in [6.45, 7) is 11.7. The zero-order valence-electron chi connectivity index (χ0n) is 24.0. The van der Waals surface area contributed by atoms with Crippen LogP contribution in [0.15, 0.2) is 48.0 Å². The minimum Gasteiger partial charge on any atom is -0.481 e. The highest BCUT2D eigenvalue weighted by molar-refractivity contribution is 5.73. The molecule has 0 fully saturated rings. The summed E-state index contributed by atoms with van der Waals surface area (Å²) in [7, 11) is 3.19. The van der Waals surface area contributed by atoms with E-state index < -0.39 is 0 Å². The molecule has 7 nitrogen and oxygen atoms in total. The predicted molar refractivity (Wildman–Crippen MR) is 155 cm³/mol. The molecule has 2 aromatic heterocycles. The van der Waals surface area contributed by atoms with Crippen molar-refractivity contribution in [2.75, 3.05) is 33.1 Å². The van der Waals surface area contributed by atoms with Gasteiger partial charge in [0.25, 0.3) is 0 Å².